The normalized spacial score (nSPS) is 13.6. The lowest BCUT2D eigenvalue weighted by molar-refractivity contribution is -0.116. The molecule has 0 radical (unpaired) electrons. The molecule has 1 aliphatic heterocycles. The van der Waals surface area contributed by atoms with Crippen LogP contribution in [0.15, 0.2) is 30.7 Å². The first kappa shape index (κ1) is 12.5. The smallest absolute Gasteiger partial charge is 0.224 e. The van der Waals surface area contributed by atoms with E-state index >= 15 is 0 Å². The van der Waals surface area contributed by atoms with Crippen molar-refractivity contribution in [3.05, 3.63) is 47.8 Å². The fraction of sp³-hybridized carbons (Fsp3) is 0.214. The largest absolute Gasteiger partial charge is 0.377 e. The summed E-state index contributed by atoms with van der Waals surface area (Å²) in [6.07, 6.45) is 4.05. The molecule has 0 saturated carbocycles. The van der Waals surface area contributed by atoms with Gasteiger partial charge in [-0.05, 0) is 30.2 Å². The highest BCUT2D eigenvalue weighted by molar-refractivity contribution is 5.94. The molecule has 2 aromatic rings. The van der Waals surface area contributed by atoms with Gasteiger partial charge in [0, 0.05) is 18.3 Å². The molecule has 1 aromatic carbocycles. The number of benzene rings is 1. The second kappa shape index (κ2) is 5.24. The van der Waals surface area contributed by atoms with Crippen LogP contribution < -0.4 is 10.6 Å². The molecule has 0 saturated heterocycles. The Morgan fingerprint density at radius 1 is 1.35 bits per heavy atom. The minimum absolute atomic E-state index is 0.0362. The van der Waals surface area contributed by atoms with Crippen LogP contribution in [0.25, 0.3) is 0 Å². The van der Waals surface area contributed by atoms with Gasteiger partial charge in [0.2, 0.25) is 5.91 Å². The standard InChI is InChI=1S/C14H13FN4O/c15-11-5-9-1-2-14(20)19-12(9)6-13(11)17-7-10-3-4-16-8-18-10/h3-6,8,17H,1-2,7H2,(H,19,20). The van der Waals surface area contributed by atoms with Crippen LogP contribution in [-0.4, -0.2) is 15.9 Å². The zero-order valence-corrected chi connectivity index (χ0v) is 10.7. The number of nitrogens with zero attached hydrogens (tertiary/aromatic N) is 2. The van der Waals surface area contributed by atoms with Crippen molar-refractivity contribution < 1.29 is 9.18 Å². The molecule has 0 aliphatic carbocycles. The Morgan fingerprint density at radius 2 is 2.25 bits per heavy atom. The summed E-state index contributed by atoms with van der Waals surface area (Å²) in [5.74, 6) is -0.361. The number of aryl methyl sites for hydroxylation is 1. The second-order valence-electron chi connectivity index (χ2n) is 4.59. The Morgan fingerprint density at radius 3 is 3.05 bits per heavy atom. The van der Waals surface area contributed by atoms with Crippen molar-refractivity contribution in [3.63, 3.8) is 0 Å². The van der Waals surface area contributed by atoms with E-state index in [2.05, 4.69) is 20.6 Å². The van der Waals surface area contributed by atoms with E-state index < -0.39 is 0 Å². The van der Waals surface area contributed by atoms with Crippen molar-refractivity contribution in [1.82, 2.24) is 9.97 Å². The third-order valence-electron chi connectivity index (χ3n) is 3.19. The van der Waals surface area contributed by atoms with Gasteiger partial charge in [-0.25, -0.2) is 14.4 Å². The molecule has 2 N–H and O–H groups in total. The molecule has 3 rings (SSSR count). The molecule has 2 heterocycles. The summed E-state index contributed by atoms with van der Waals surface area (Å²) in [7, 11) is 0. The van der Waals surface area contributed by atoms with Crippen LogP contribution >= 0.6 is 0 Å². The van der Waals surface area contributed by atoms with Gasteiger partial charge in [0.15, 0.2) is 0 Å². The Balaban J connectivity index is 1.80. The maximum Gasteiger partial charge on any atom is 0.224 e. The summed E-state index contributed by atoms with van der Waals surface area (Å²) in [6, 6.07) is 4.85. The predicted octanol–water partition coefficient (Wildman–Crippen LogP) is 2.11. The number of halogens is 1. The first-order valence-electron chi connectivity index (χ1n) is 6.33. The zero-order valence-electron chi connectivity index (χ0n) is 10.7. The Bertz CT molecular complexity index is 645. The van der Waals surface area contributed by atoms with Crippen molar-refractivity contribution in [1.29, 1.82) is 0 Å². The van der Waals surface area contributed by atoms with Gasteiger partial charge >= 0.3 is 0 Å². The first-order valence-corrected chi connectivity index (χ1v) is 6.33. The number of anilines is 2. The highest BCUT2D eigenvalue weighted by Crippen LogP contribution is 2.28. The quantitative estimate of drug-likeness (QED) is 0.898. The van der Waals surface area contributed by atoms with E-state index in [-0.39, 0.29) is 11.7 Å². The lowest BCUT2D eigenvalue weighted by Crippen LogP contribution is -2.19. The molecule has 1 aromatic heterocycles. The Kier molecular flexibility index (Phi) is 3.28. The topological polar surface area (TPSA) is 66.9 Å². The molecule has 1 amide bonds. The average Bonchev–Trinajstić information content (AvgIpc) is 2.46. The summed E-state index contributed by atoms with van der Waals surface area (Å²) < 4.78 is 14.0. The number of aromatic nitrogens is 2. The summed E-state index contributed by atoms with van der Waals surface area (Å²) in [5, 5.41) is 5.73. The van der Waals surface area contributed by atoms with Gasteiger partial charge in [0.05, 0.1) is 17.9 Å². The molecule has 1 aliphatic rings. The fourth-order valence-corrected chi connectivity index (χ4v) is 2.14. The summed E-state index contributed by atoms with van der Waals surface area (Å²) >= 11 is 0. The number of fused-ring (bicyclic) bond motifs is 1. The number of rotatable bonds is 3. The predicted molar refractivity (Wildman–Crippen MR) is 72.7 cm³/mol. The van der Waals surface area contributed by atoms with Gasteiger partial charge in [-0.3, -0.25) is 4.79 Å². The first-order chi connectivity index (χ1) is 9.72. The van der Waals surface area contributed by atoms with Crippen LogP contribution in [0.4, 0.5) is 15.8 Å². The second-order valence-corrected chi connectivity index (χ2v) is 4.59. The molecule has 0 atom stereocenters. The number of hydrogen-bond acceptors (Lipinski definition) is 4. The van der Waals surface area contributed by atoms with E-state index in [1.54, 1.807) is 18.3 Å². The molecule has 0 spiro atoms. The third-order valence-corrected chi connectivity index (χ3v) is 3.19. The lowest BCUT2D eigenvalue weighted by atomic mass is 10.0. The highest BCUT2D eigenvalue weighted by atomic mass is 19.1. The lowest BCUT2D eigenvalue weighted by Gasteiger charge is -2.18. The van der Waals surface area contributed by atoms with Gasteiger partial charge < -0.3 is 10.6 Å². The van der Waals surface area contributed by atoms with E-state index in [1.807, 2.05) is 0 Å². The van der Waals surface area contributed by atoms with Crippen LogP contribution in [0, 0.1) is 5.82 Å². The molecule has 6 heteroatoms. The van der Waals surface area contributed by atoms with Gasteiger partial charge in [-0.15, -0.1) is 0 Å². The van der Waals surface area contributed by atoms with Gasteiger partial charge in [0.1, 0.15) is 12.1 Å². The van der Waals surface area contributed by atoms with E-state index in [9.17, 15) is 9.18 Å². The Hall–Kier alpha value is -2.50. The van der Waals surface area contributed by atoms with E-state index in [0.29, 0.717) is 30.8 Å². The van der Waals surface area contributed by atoms with Crippen molar-refractivity contribution in [2.24, 2.45) is 0 Å². The highest BCUT2D eigenvalue weighted by Gasteiger charge is 2.17. The maximum atomic E-state index is 14.0. The summed E-state index contributed by atoms with van der Waals surface area (Å²) in [5.41, 5.74) is 2.62. The monoisotopic (exact) mass is 272 g/mol. The van der Waals surface area contributed by atoms with Crippen LogP contribution in [0.5, 0.6) is 0 Å². The van der Waals surface area contributed by atoms with Crippen LogP contribution in [0.1, 0.15) is 17.7 Å². The van der Waals surface area contributed by atoms with Crippen LogP contribution in [0.2, 0.25) is 0 Å². The molecule has 0 bridgehead atoms. The van der Waals surface area contributed by atoms with E-state index in [1.165, 1.54) is 12.4 Å². The van der Waals surface area contributed by atoms with Gasteiger partial charge in [-0.2, -0.15) is 0 Å². The molecule has 20 heavy (non-hydrogen) atoms. The van der Waals surface area contributed by atoms with Crippen molar-refractivity contribution in [2.75, 3.05) is 10.6 Å². The minimum Gasteiger partial charge on any atom is -0.377 e. The maximum absolute atomic E-state index is 14.0. The summed E-state index contributed by atoms with van der Waals surface area (Å²) in [6.45, 7) is 0.395. The average molecular weight is 272 g/mol. The van der Waals surface area contributed by atoms with Crippen LogP contribution in [0.3, 0.4) is 0 Å². The SMILES string of the molecule is O=C1CCc2cc(F)c(NCc3ccncn3)cc2N1. The third kappa shape index (κ3) is 2.59. The summed E-state index contributed by atoms with van der Waals surface area (Å²) in [4.78, 5) is 19.2. The van der Waals surface area contributed by atoms with Crippen molar-refractivity contribution >= 4 is 17.3 Å². The molecule has 102 valence electrons. The number of carbonyl (C=O) groups is 1. The van der Waals surface area contributed by atoms with Crippen LogP contribution in [-0.2, 0) is 17.8 Å². The molecular formula is C14H13FN4O. The van der Waals surface area contributed by atoms with Gasteiger partial charge in [-0.1, -0.05) is 0 Å². The number of amides is 1. The Labute approximate surface area is 115 Å². The van der Waals surface area contributed by atoms with Crippen molar-refractivity contribution in [2.45, 2.75) is 19.4 Å². The number of carbonyl (C=O) groups excluding carboxylic acids is 1. The zero-order chi connectivity index (χ0) is 13.9. The molecule has 5 nitrogen and oxygen atoms in total. The molecular weight excluding hydrogens is 259 g/mol. The minimum atomic E-state index is -0.325. The number of hydrogen-bond donors (Lipinski definition) is 2. The van der Waals surface area contributed by atoms with Gasteiger partial charge in [0.25, 0.3) is 0 Å². The van der Waals surface area contributed by atoms with E-state index in [4.69, 9.17) is 0 Å². The van der Waals surface area contributed by atoms with Crippen molar-refractivity contribution in [3.8, 4) is 0 Å². The molecule has 0 unspecified atom stereocenters. The fourth-order valence-electron chi connectivity index (χ4n) is 2.14. The molecule has 0 fully saturated rings. The number of nitrogens with one attached hydrogen (secondary N) is 2. The van der Waals surface area contributed by atoms with E-state index in [0.717, 1.165) is 11.3 Å².